The molecule has 1 unspecified atom stereocenters. The number of halogens is 6. The molecule has 2 aromatic carbocycles. The summed E-state index contributed by atoms with van der Waals surface area (Å²) in [5.74, 6) is 4.30. The quantitative estimate of drug-likeness (QED) is 0.333. The number of hydrogen-bond donors (Lipinski definition) is 1. The van der Waals surface area contributed by atoms with Crippen molar-refractivity contribution in [2.24, 2.45) is 0 Å². The van der Waals surface area contributed by atoms with Crippen LogP contribution in [0.25, 0.3) is 0 Å². The first-order valence-electron chi connectivity index (χ1n) is 12.4. The van der Waals surface area contributed by atoms with E-state index in [1.54, 1.807) is 0 Å². The van der Waals surface area contributed by atoms with Crippen LogP contribution in [0.2, 0.25) is 0 Å². The Hall–Kier alpha value is -3.27. The van der Waals surface area contributed by atoms with Crippen molar-refractivity contribution in [1.82, 2.24) is 9.80 Å². The van der Waals surface area contributed by atoms with Crippen LogP contribution in [0.1, 0.15) is 35.6 Å². The van der Waals surface area contributed by atoms with E-state index >= 15 is 0 Å². The lowest BCUT2D eigenvalue weighted by molar-refractivity contribution is -0.192. The molecule has 0 radical (unpaired) electrons. The first-order chi connectivity index (χ1) is 18.8. The first-order valence-corrected chi connectivity index (χ1v) is 12.4. The number of alkyl halides is 6. The van der Waals surface area contributed by atoms with Gasteiger partial charge in [-0.15, -0.1) is 0 Å². The number of carboxylic acids is 1. The number of nitrogens with zero attached hydrogens (tertiary/aromatic N) is 2. The Labute approximate surface area is 229 Å². The zero-order valence-corrected chi connectivity index (χ0v) is 22.2. The summed E-state index contributed by atoms with van der Waals surface area (Å²) in [6, 6.07) is 12.7. The van der Waals surface area contributed by atoms with Gasteiger partial charge >= 0.3 is 18.3 Å². The second kappa shape index (κ2) is 15.5. The molecule has 6 nitrogen and oxygen atoms in total. The smallest absolute Gasteiger partial charge is 0.486 e. The highest BCUT2D eigenvalue weighted by molar-refractivity contribution is 5.73. The van der Waals surface area contributed by atoms with Gasteiger partial charge in [0, 0.05) is 44.6 Å². The molecule has 0 bridgehead atoms. The minimum absolute atomic E-state index is 0.347. The SMILES string of the molecule is CN(C)CCC(Oc1ccc(C#CCCN2CCOCC2)cc1)c1ccc(C(F)(F)F)cc1.O=C(O)C(F)(F)F. The molecule has 40 heavy (non-hydrogen) atoms. The highest BCUT2D eigenvalue weighted by Gasteiger charge is 2.38. The predicted octanol–water partition coefficient (Wildman–Crippen LogP) is 5.48. The lowest BCUT2D eigenvalue weighted by Gasteiger charge is -2.25. The number of rotatable bonds is 8. The average molecular weight is 575 g/mol. The zero-order valence-electron chi connectivity index (χ0n) is 22.2. The Balaban J connectivity index is 0.000000708. The molecule has 1 aliphatic rings. The Bertz CT molecular complexity index is 1100. The molecule has 0 spiro atoms. The number of carbonyl (C=O) groups is 1. The molecule has 0 amide bonds. The third-order valence-electron chi connectivity index (χ3n) is 5.71. The third-order valence-corrected chi connectivity index (χ3v) is 5.71. The summed E-state index contributed by atoms with van der Waals surface area (Å²) in [6.45, 7) is 5.19. The van der Waals surface area contributed by atoms with Crippen molar-refractivity contribution in [3.05, 3.63) is 65.2 Å². The normalized spacial score (nSPS) is 14.9. The third kappa shape index (κ3) is 12.3. The van der Waals surface area contributed by atoms with E-state index in [0.29, 0.717) is 12.2 Å². The monoisotopic (exact) mass is 574 g/mol. The van der Waals surface area contributed by atoms with Gasteiger partial charge in [-0.3, -0.25) is 4.90 Å². The predicted molar refractivity (Wildman–Crippen MR) is 137 cm³/mol. The number of morpholine rings is 1. The van der Waals surface area contributed by atoms with Crippen molar-refractivity contribution in [2.45, 2.75) is 31.3 Å². The topological polar surface area (TPSA) is 62.2 Å². The minimum atomic E-state index is -5.08. The van der Waals surface area contributed by atoms with E-state index in [-0.39, 0.29) is 6.10 Å². The van der Waals surface area contributed by atoms with Crippen LogP contribution in [0.4, 0.5) is 26.3 Å². The van der Waals surface area contributed by atoms with Gasteiger partial charge in [0.1, 0.15) is 11.9 Å². The average Bonchev–Trinajstić information content (AvgIpc) is 2.90. The molecule has 0 aromatic heterocycles. The fraction of sp³-hybridized carbons (Fsp3) is 0.464. The van der Waals surface area contributed by atoms with Crippen molar-refractivity contribution in [3.63, 3.8) is 0 Å². The Morgan fingerprint density at radius 1 is 1.02 bits per heavy atom. The molecule has 12 heteroatoms. The number of benzene rings is 2. The summed E-state index contributed by atoms with van der Waals surface area (Å²) in [6.07, 6.45) is -8.32. The maximum atomic E-state index is 12.9. The standard InChI is InChI=1S/C26H31F3N2O2.C2HF3O2/c1-30(2)16-14-25(22-8-10-23(11-9-22)26(27,28)29)33-24-12-6-21(7-13-24)5-3-4-15-31-17-19-32-20-18-31;3-2(4,5)1(6)7/h6-13,25H,4,14-20H2,1-2H3;(H,6,7). The molecule has 0 saturated carbocycles. The van der Waals surface area contributed by atoms with Crippen LogP contribution in [0.5, 0.6) is 5.75 Å². The van der Waals surface area contributed by atoms with Crippen molar-refractivity contribution in [2.75, 3.05) is 53.5 Å². The van der Waals surface area contributed by atoms with Gasteiger partial charge in [-0.2, -0.15) is 26.3 Å². The van der Waals surface area contributed by atoms with Crippen LogP contribution in [0.3, 0.4) is 0 Å². The molecule has 1 heterocycles. The van der Waals surface area contributed by atoms with E-state index in [4.69, 9.17) is 19.4 Å². The van der Waals surface area contributed by atoms with Crippen LogP contribution < -0.4 is 4.74 Å². The molecule has 1 aliphatic heterocycles. The lowest BCUT2D eigenvalue weighted by Crippen LogP contribution is -2.36. The molecule has 1 atom stereocenters. The number of aliphatic carboxylic acids is 1. The highest BCUT2D eigenvalue weighted by Crippen LogP contribution is 2.31. The maximum absolute atomic E-state index is 12.9. The van der Waals surface area contributed by atoms with Gasteiger partial charge < -0.3 is 19.5 Å². The van der Waals surface area contributed by atoms with E-state index in [0.717, 1.165) is 69.1 Å². The maximum Gasteiger partial charge on any atom is 0.490 e. The van der Waals surface area contributed by atoms with Crippen LogP contribution in [-0.2, 0) is 15.7 Å². The number of hydrogen-bond acceptors (Lipinski definition) is 5. The summed E-state index contributed by atoms with van der Waals surface area (Å²) < 4.78 is 82.0. The summed E-state index contributed by atoms with van der Waals surface area (Å²) >= 11 is 0. The molecule has 2 aromatic rings. The van der Waals surface area contributed by atoms with Crippen molar-refractivity contribution in [1.29, 1.82) is 0 Å². The van der Waals surface area contributed by atoms with E-state index in [2.05, 4.69) is 16.7 Å². The fourth-order valence-corrected chi connectivity index (χ4v) is 3.54. The second-order valence-electron chi connectivity index (χ2n) is 9.15. The summed E-state index contributed by atoms with van der Waals surface area (Å²) in [4.78, 5) is 13.3. The molecule has 1 saturated heterocycles. The summed E-state index contributed by atoms with van der Waals surface area (Å²) in [7, 11) is 3.91. The fourth-order valence-electron chi connectivity index (χ4n) is 3.54. The number of carboxylic acid groups (broad SMARTS) is 1. The highest BCUT2D eigenvalue weighted by atomic mass is 19.4. The van der Waals surface area contributed by atoms with Gasteiger partial charge in [-0.1, -0.05) is 24.0 Å². The zero-order chi connectivity index (χ0) is 29.8. The van der Waals surface area contributed by atoms with Crippen molar-refractivity contribution >= 4 is 5.97 Å². The molecule has 3 rings (SSSR count). The molecule has 1 N–H and O–H groups in total. The molecular weight excluding hydrogens is 542 g/mol. The van der Waals surface area contributed by atoms with Crippen LogP contribution in [0, 0.1) is 11.8 Å². The Morgan fingerprint density at radius 3 is 2.10 bits per heavy atom. The minimum Gasteiger partial charge on any atom is -0.486 e. The van der Waals surface area contributed by atoms with Gasteiger partial charge in [0.05, 0.1) is 18.8 Å². The van der Waals surface area contributed by atoms with Crippen molar-refractivity contribution < 1.29 is 45.7 Å². The van der Waals surface area contributed by atoms with E-state index in [1.165, 1.54) is 12.1 Å². The van der Waals surface area contributed by atoms with Gasteiger partial charge in [0.25, 0.3) is 0 Å². The van der Waals surface area contributed by atoms with Crippen LogP contribution >= 0.6 is 0 Å². The van der Waals surface area contributed by atoms with Gasteiger partial charge in [-0.25, -0.2) is 4.79 Å². The van der Waals surface area contributed by atoms with E-state index in [1.807, 2.05) is 43.3 Å². The molecule has 0 aliphatic carbocycles. The molecular formula is C28H32F6N2O4. The lowest BCUT2D eigenvalue weighted by atomic mass is 10.0. The second-order valence-corrected chi connectivity index (χ2v) is 9.15. The van der Waals surface area contributed by atoms with Gasteiger partial charge in [0.2, 0.25) is 0 Å². The number of ether oxygens (including phenoxy) is 2. The van der Waals surface area contributed by atoms with E-state index in [9.17, 15) is 26.3 Å². The van der Waals surface area contributed by atoms with Crippen LogP contribution in [0.15, 0.2) is 48.5 Å². The first kappa shape index (κ1) is 32.9. The largest absolute Gasteiger partial charge is 0.490 e. The Kier molecular flexibility index (Phi) is 12.8. The molecule has 1 fully saturated rings. The molecule has 220 valence electrons. The summed E-state index contributed by atoms with van der Waals surface area (Å²) in [5.41, 5.74) is 0.967. The summed E-state index contributed by atoms with van der Waals surface area (Å²) in [5, 5.41) is 7.12. The van der Waals surface area contributed by atoms with Gasteiger partial charge in [0.15, 0.2) is 0 Å². The van der Waals surface area contributed by atoms with Crippen LogP contribution in [-0.4, -0.2) is 80.5 Å². The van der Waals surface area contributed by atoms with Crippen molar-refractivity contribution in [3.8, 4) is 17.6 Å². The van der Waals surface area contributed by atoms with Gasteiger partial charge in [-0.05, 0) is 56.1 Å². The van der Waals surface area contributed by atoms with E-state index < -0.39 is 23.9 Å². The Morgan fingerprint density at radius 2 is 1.60 bits per heavy atom.